The largest absolute Gasteiger partial charge is 0.465 e. The zero-order valence-electron chi connectivity index (χ0n) is 12.0. The van der Waals surface area contributed by atoms with Gasteiger partial charge in [-0.3, -0.25) is 9.59 Å². The molecule has 0 aliphatic carbocycles. The minimum Gasteiger partial charge on any atom is -0.465 e. The second-order valence-corrected chi connectivity index (χ2v) is 5.13. The van der Waals surface area contributed by atoms with Crippen LogP contribution in [-0.2, 0) is 14.3 Å². The van der Waals surface area contributed by atoms with Crippen molar-refractivity contribution in [1.29, 1.82) is 0 Å². The van der Waals surface area contributed by atoms with Crippen LogP contribution in [0.3, 0.4) is 0 Å². The first-order valence-corrected chi connectivity index (χ1v) is 7.12. The van der Waals surface area contributed by atoms with Gasteiger partial charge >= 0.3 is 11.9 Å². The second-order valence-electron chi connectivity index (χ2n) is 4.72. The van der Waals surface area contributed by atoms with E-state index in [1.807, 2.05) is 13.8 Å². The molecule has 1 atom stereocenters. The van der Waals surface area contributed by atoms with Gasteiger partial charge in [0, 0.05) is 0 Å². The quantitative estimate of drug-likeness (QED) is 0.568. The van der Waals surface area contributed by atoms with E-state index in [2.05, 4.69) is 0 Å². The highest BCUT2D eigenvalue weighted by molar-refractivity contribution is 6.32. The molecule has 4 nitrogen and oxygen atoms in total. The highest BCUT2D eigenvalue weighted by atomic mass is 35.5. The number of benzene rings is 1. The topological polar surface area (TPSA) is 52.6 Å². The maximum atomic E-state index is 13.4. The van der Waals surface area contributed by atoms with Crippen LogP contribution in [0.1, 0.15) is 33.1 Å². The lowest BCUT2D eigenvalue weighted by Crippen LogP contribution is -2.15. The minimum atomic E-state index is -0.734. The third-order valence-electron chi connectivity index (χ3n) is 2.89. The third-order valence-corrected chi connectivity index (χ3v) is 3.19. The third kappa shape index (κ3) is 6.12. The molecule has 0 fully saturated rings. The molecular weight excluding hydrogens is 299 g/mol. The second kappa shape index (κ2) is 8.62. The van der Waals surface area contributed by atoms with Crippen molar-refractivity contribution in [3.8, 4) is 5.75 Å². The zero-order chi connectivity index (χ0) is 15.8. The SMILES string of the molecule is CCC(C)COC(=O)CCC(=O)Oc1c(F)cccc1Cl. The van der Waals surface area contributed by atoms with Crippen molar-refractivity contribution < 1.29 is 23.5 Å². The highest BCUT2D eigenvalue weighted by Gasteiger charge is 2.15. The first kappa shape index (κ1) is 17.4. The molecular formula is C15H18ClFO4. The lowest BCUT2D eigenvalue weighted by molar-refractivity contribution is -0.148. The zero-order valence-corrected chi connectivity index (χ0v) is 12.8. The van der Waals surface area contributed by atoms with Crippen LogP contribution in [0.4, 0.5) is 4.39 Å². The first-order valence-electron chi connectivity index (χ1n) is 6.74. The lowest BCUT2D eigenvalue weighted by Gasteiger charge is -2.10. The van der Waals surface area contributed by atoms with E-state index in [1.54, 1.807) is 0 Å². The van der Waals surface area contributed by atoms with Crippen LogP contribution >= 0.6 is 11.6 Å². The van der Waals surface area contributed by atoms with Crippen LogP contribution in [0.2, 0.25) is 5.02 Å². The molecule has 0 aliphatic heterocycles. The van der Waals surface area contributed by atoms with Crippen LogP contribution in [0.15, 0.2) is 18.2 Å². The molecule has 1 aromatic carbocycles. The smallest absolute Gasteiger partial charge is 0.311 e. The van der Waals surface area contributed by atoms with Crippen LogP contribution in [0, 0.1) is 11.7 Å². The molecule has 1 unspecified atom stereocenters. The predicted octanol–water partition coefficient (Wildman–Crippen LogP) is 3.75. The Kier molecular flexibility index (Phi) is 7.15. The summed E-state index contributed by atoms with van der Waals surface area (Å²) in [5.41, 5.74) is 0. The van der Waals surface area contributed by atoms with Gasteiger partial charge in [0.25, 0.3) is 0 Å². The summed E-state index contributed by atoms with van der Waals surface area (Å²) >= 11 is 5.73. The summed E-state index contributed by atoms with van der Waals surface area (Å²) in [5.74, 6) is -1.99. The van der Waals surface area contributed by atoms with E-state index in [1.165, 1.54) is 12.1 Å². The number of hydrogen-bond donors (Lipinski definition) is 0. The van der Waals surface area contributed by atoms with Gasteiger partial charge in [0.05, 0.1) is 24.5 Å². The van der Waals surface area contributed by atoms with Gasteiger partial charge in [-0.15, -0.1) is 0 Å². The van der Waals surface area contributed by atoms with E-state index in [-0.39, 0.29) is 29.5 Å². The van der Waals surface area contributed by atoms with E-state index in [0.29, 0.717) is 6.61 Å². The molecule has 116 valence electrons. The normalized spacial score (nSPS) is 11.8. The van der Waals surface area contributed by atoms with Crippen molar-refractivity contribution in [2.45, 2.75) is 33.1 Å². The van der Waals surface area contributed by atoms with Gasteiger partial charge < -0.3 is 9.47 Å². The van der Waals surface area contributed by atoms with Crippen LogP contribution in [-0.4, -0.2) is 18.5 Å². The number of esters is 2. The van der Waals surface area contributed by atoms with Gasteiger partial charge in [-0.25, -0.2) is 4.39 Å². The van der Waals surface area contributed by atoms with Gasteiger partial charge in [-0.2, -0.15) is 0 Å². The lowest BCUT2D eigenvalue weighted by atomic mass is 10.1. The maximum Gasteiger partial charge on any atom is 0.311 e. The molecule has 6 heteroatoms. The number of para-hydroxylation sites is 1. The van der Waals surface area contributed by atoms with Crippen molar-refractivity contribution in [2.24, 2.45) is 5.92 Å². The maximum absolute atomic E-state index is 13.4. The summed E-state index contributed by atoms with van der Waals surface area (Å²) in [6, 6.07) is 3.95. The molecule has 0 saturated carbocycles. The Morgan fingerprint density at radius 1 is 1.29 bits per heavy atom. The van der Waals surface area contributed by atoms with Crippen molar-refractivity contribution in [3.63, 3.8) is 0 Å². The first-order chi connectivity index (χ1) is 9.93. The molecule has 1 aromatic rings. The van der Waals surface area contributed by atoms with E-state index >= 15 is 0 Å². The van der Waals surface area contributed by atoms with Crippen molar-refractivity contribution in [1.82, 2.24) is 0 Å². The number of hydrogen-bond acceptors (Lipinski definition) is 4. The summed E-state index contributed by atoms with van der Waals surface area (Å²) in [5, 5.41) is 0.00250. The molecule has 0 aromatic heterocycles. The summed E-state index contributed by atoms with van der Waals surface area (Å²) in [6.45, 7) is 4.28. The summed E-state index contributed by atoms with van der Waals surface area (Å²) in [7, 11) is 0. The highest BCUT2D eigenvalue weighted by Crippen LogP contribution is 2.27. The van der Waals surface area contributed by atoms with E-state index in [0.717, 1.165) is 12.5 Å². The van der Waals surface area contributed by atoms with Gasteiger partial charge in [0.1, 0.15) is 0 Å². The van der Waals surface area contributed by atoms with Crippen LogP contribution in [0.25, 0.3) is 0 Å². The Balaban J connectivity index is 2.39. The monoisotopic (exact) mass is 316 g/mol. The van der Waals surface area contributed by atoms with Crippen molar-refractivity contribution in [3.05, 3.63) is 29.0 Å². The number of carbonyl (C=O) groups is 2. The number of rotatable bonds is 7. The fourth-order valence-electron chi connectivity index (χ4n) is 1.37. The van der Waals surface area contributed by atoms with Gasteiger partial charge in [0.2, 0.25) is 0 Å². The Morgan fingerprint density at radius 2 is 1.95 bits per heavy atom. The number of halogens is 2. The molecule has 0 radical (unpaired) electrons. The molecule has 0 aliphatic rings. The van der Waals surface area contributed by atoms with Gasteiger partial charge in [-0.1, -0.05) is 37.9 Å². The van der Waals surface area contributed by atoms with Gasteiger partial charge in [0.15, 0.2) is 11.6 Å². The van der Waals surface area contributed by atoms with Crippen molar-refractivity contribution >= 4 is 23.5 Å². The number of carbonyl (C=O) groups excluding carboxylic acids is 2. The molecule has 0 saturated heterocycles. The van der Waals surface area contributed by atoms with Crippen LogP contribution in [0.5, 0.6) is 5.75 Å². The molecule has 0 amide bonds. The Labute approximate surface area is 128 Å². The Bertz CT molecular complexity index is 484. The summed E-state index contributed by atoms with van der Waals surface area (Å²) in [4.78, 5) is 23.0. The van der Waals surface area contributed by atoms with E-state index < -0.39 is 17.8 Å². The predicted molar refractivity (Wildman–Crippen MR) is 76.7 cm³/mol. The summed E-state index contributed by atoms with van der Waals surface area (Å²) < 4.78 is 23.2. The summed E-state index contributed by atoms with van der Waals surface area (Å²) in [6.07, 6.45) is 0.604. The molecule has 1 rings (SSSR count). The Morgan fingerprint density at radius 3 is 2.57 bits per heavy atom. The average molecular weight is 317 g/mol. The van der Waals surface area contributed by atoms with Crippen LogP contribution < -0.4 is 4.74 Å². The molecule has 21 heavy (non-hydrogen) atoms. The Hall–Kier alpha value is -1.62. The average Bonchev–Trinajstić information content (AvgIpc) is 2.46. The number of ether oxygens (including phenoxy) is 2. The molecule has 0 heterocycles. The fourth-order valence-corrected chi connectivity index (χ4v) is 1.58. The minimum absolute atomic E-state index is 0.00250. The molecule has 0 bridgehead atoms. The molecule has 0 N–H and O–H groups in total. The fraction of sp³-hybridized carbons (Fsp3) is 0.467. The van der Waals surface area contributed by atoms with E-state index in [9.17, 15) is 14.0 Å². The molecule has 0 spiro atoms. The van der Waals surface area contributed by atoms with E-state index in [4.69, 9.17) is 21.1 Å². The standard InChI is InChI=1S/C15H18ClFO4/c1-3-10(2)9-20-13(18)7-8-14(19)21-15-11(16)5-4-6-12(15)17/h4-6,10H,3,7-9H2,1-2H3. The van der Waals surface area contributed by atoms with Crippen molar-refractivity contribution in [2.75, 3.05) is 6.61 Å². The van der Waals surface area contributed by atoms with Gasteiger partial charge in [-0.05, 0) is 18.1 Å².